The van der Waals surface area contributed by atoms with Crippen LogP contribution >= 0.6 is 0 Å². The average molecular weight is 234 g/mol. The van der Waals surface area contributed by atoms with Gasteiger partial charge in [-0.15, -0.1) is 0 Å². The zero-order valence-electron chi connectivity index (χ0n) is 10.9. The van der Waals surface area contributed by atoms with Crippen molar-refractivity contribution in [3.63, 3.8) is 0 Å². The quantitative estimate of drug-likeness (QED) is 0.796. The molecule has 0 spiro atoms. The third-order valence-electron chi connectivity index (χ3n) is 2.54. The normalized spacial score (nSPS) is 10.6. The van der Waals surface area contributed by atoms with Crippen LogP contribution in [0.3, 0.4) is 0 Å². The van der Waals surface area contributed by atoms with E-state index in [2.05, 4.69) is 20.8 Å². The Morgan fingerprint density at radius 1 is 1.29 bits per heavy atom. The summed E-state index contributed by atoms with van der Waals surface area (Å²) in [5, 5.41) is 0. The predicted octanol–water partition coefficient (Wildman–Crippen LogP) is 3.06. The molecule has 0 unspecified atom stereocenters. The maximum absolute atomic E-state index is 12.1. The molecule has 1 aromatic rings. The number of hydrogen-bond donors (Lipinski definition) is 1. The summed E-state index contributed by atoms with van der Waals surface area (Å²) in [5.41, 5.74) is 7.31. The van der Waals surface area contributed by atoms with Gasteiger partial charge in [-0.1, -0.05) is 20.8 Å². The third kappa shape index (κ3) is 4.10. The molecule has 94 valence electrons. The van der Waals surface area contributed by atoms with Crippen LogP contribution in [0, 0.1) is 5.92 Å². The second-order valence-corrected chi connectivity index (χ2v) is 4.73. The van der Waals surface area contributed by atoms with Gasteiger partial charge in [0.2, 0.25) is 5.91 Å². The highest BCUT2D eigenvalue weighted by atomic mass is 16.2. The minimum atomic E-state index is 0.187. The molecule has 0 atom stereocenters. The Bertz CT molecular complexity index is 357. The molecule has 0 aliphatic heterocycles. The smallest absolute Gasteiger partial charge is 0.227 e. The number of anilines is 2. The van der Waals surface area contributed by atoms with Crippen LogP contribution in [0.4, 0.5) is 11.4 Å². The van der Waals surface area contributed by atoms with Crippen molar-refractivity contribution in [3.8, 4) is 0 Å². The van der Waals surface area contributed by atoms with E-state index in [1.807, 2.05) is 29.2 Å². The van der Waals surface area contributed by atoms with E-state index < -0.39 is 0 Å². The van der Waals surface area contributed by atoms with Crippen LogP contribution < -0.4 is 10.6 Å². The van der Waals surface area contributed by atoms with Gasteiger partial charge in [0.15, 0.2) is 0 Å². The number of amides is 1. The third-order valence-corrected chi connectivity index (χ3v) is 2.54. The molecule has 1 aromatic carbocycles. The summed E-state index contributed by atoms with van der Waals surface area (Å²) in [6.07, 6.45) is 1.54. The molecule has 17 heavy (non-hydrogen) atoms. The molecular formula is C14H22N2O. The molecule has 2 N–H and O–H groups in total. The van der Waals surface area contributed by atoms with Gasteiger partial charge in [-0.3, -0.25) is 4.79 Å². The largest absolute Gasteiger partial charge is 0.399 e. The minimum Gasteiger partial charge on any atom is -0.399 e. The Morgan fingerprint density at radius 2 is 1.88 bits per heavy atom. The predicted molar refractivity (Wildman–Crippen MR) is 73.0 cm³/mol. The number of nitrogen functional groups attached to an aromatic ring is 1. The van der Waals surface area contributed by atoms with Crippen molar-refractivity contribution in [2.75, 3.05) is 17.2 Å². The van der Waals surface area contributed by atoms with Crippen molar-refractivity contribution < 1.29 is 4.79 Å². The Hall–Kier alpha value is -1.51. The van der Waals surface area contributed by atoms with Crippen LogP contribution in [0.1, 0.15) is 33.6 Å². The van der Waals surface area contributed by atoms with Crippen LogP contribution in [0.15, 0.2) is 24.3 Å². The number of benzene rings is 1. The molecule has 3 heteroatoms. The zero-order valence-corrected chi connectivity index (χ0v) is 10.9. The van der Waals surface area contributed by atoms with Gasteiger partial charge in [0, 0.05) is 24.3 Å². The van der Waals surface area contributed by atoms with Gasteiger partial charge in [0.1, 0.15) is 0 Å². The number of carbonyl (C=O) groups is 1. The first-order valence-corrected chi connectivity index (χ1v) is 6.20. The highest BCUT2D eigenvalue weighted by molar-refractivity contribution is 5.93. The molecule has 0 saturated heterocycles. The topological polar surface area (TPSA) is 46.3 Å². The highest BCUT2D eigenvalue weighted by Crippen LogP contribution is 2.18. The van der Waals surface area contributed by atoms with Gasteiger partial charge in [-0.05, 0) is 36.6 Å². The molecule has 0 aliphatic rings. The molecule has 0 radical (unpaired) electrons. The Balaban J connectivity index is 2.84. The Labute approximate surface area is 104 Å². The summed E-state index contributed by atoms with van der Waals surface area (Å²) in [5.74, 6) is 0.572. The van der Waals surface area contributed by atoms with Gasteiger partial charge in [-0.25, -0.2) is 0 Å². The summed E-state index contributed by atoms with van der Waals surface area (Å²) in [4.78, 5) is 14.0. The van der Waals surface area contributed by atoms with E-state index in [1.165, 1.54) is 0 Å². The highest BCUT2D eigenvalue weighted by Gasteiger charge is 2.15. The second kappa shape index (κ2) is 6.28. The molecule has 1 rings (SSSR count). The summed E-state index contributed by atoms with van der Waals surface area (Å²) in [6, 6.07) is 7.48. The van der Waals surface area contributed by atoms with Crippen molar-refractivity contribution in [2.45, 2.75) is 33.6 Å². The summed E-state index contributed by atoms with van der Waals surface area (Å²) >= 11 is 0. The molecule has 0 bridgehead atoms. The van der Waals surface area contributed by atoms with Gasteiger partial charge in [-0.2, -0.15) is 0 Å². The number of carbonyl (C=O) groups excluding carboxylic acids is 1. The average Bonchev–Trinajstić information content (AvgIpc) is 2.26. The molecule has 0 fully saturated rings. The van der Waals surface area contributed by atoms with Gasteiger partial charge < -0.3 is 10.6 Å². The number of hydrogen-bond acceptors (Lipinski definition) is 2. The number of rotatable bonds is 5. The van der Waals surface area contributed by atoms with Gasteiger partial charge >= 0.3 is 0 Å². The molecule has 3 nitrogen and oxygen atoms in total. The SMILES string of the molecule is CCCN(C(=O)CC(C)C)c1ccc(N)cc1. The fraction of sp³-hybridized carbons (Fsp3) is 0.500. The molecule has 0 aromatic heterocycles. The minimum absolute atomic E-state index is 0.187. The summed E-state index contributed by atoms with van der Waals surface area (Å²) < 4.78 is 0. The van der Waals surface area contributed by atoms with Crippen molar-refractivity contribution in [1.82, 2.24) is 0 Å². The molecule has 1 amide bonds. The van der Waals surface area contributed by atoms with E-state index in [4.69, 9.17) is 5.73 Å². The Kier molecular flexibility index (Phi) is 5.01. The van der Waals surface area contributed by atoms with Gasteiger partial charge in [0.25, 0.3) is 0 Å². The van der Waals surface area contributed by atoms with Crippen molar-refractivity contribution in [2.24, 2.45) is 5.92 Å². The summed E-state index contributed by atoms with van der Waals surface area (Å²) in [6.45, 7) is 6.96. The first-order chi connectivity index (χ1) is 8.04. The Morgan fingerprint density at radius 3 is 2.35 bits per heavy atom. The molecular weight excluding hydrogens is 212 g/mol. The first-order valence-electron chi connectivity index (χ1n) is 6.20. The summed E-state index contributed by atoms with van der Waals surface area (Å²) in [7, 11) is 0. The van der Waals surface area contributed by atoms with Gasteiger partial charge in [0.05, 0.1) is 0 Å². The lowest BCUT2D eigenvalue weighted by molar-refractivity contribution is -0.119. The second-order valence-electron chi connectivity index (χ2n) is 4.73. The van der Waals surface area contributed by atoms with E-state index >= 15 is 0 Å². The van der Waals surface area contributed by atoms with Crippen molar-refractivity contribution >= 4 is 17.3 Å². The number of nitrogens with two attached hydrogens (primary N) is 1. The van der Waals surface area contributed by atoms with E-state index in [-0.39, 0.29) is 5.91 Å². The lowest BCUT2D eigenvalue weighted by atomic mass is 10.1. The fourth-order valence-electron chi connectivity index (χ4n) is 1.74. The fourth-order valence-corrected chi connectivity index (χ4v) is 1.74. The van der Waals surface area contributed by atoms with Crippen LogP contribution in [-0.4, -0.2) is 12.5 Å². The van der Waals surface area contributed by atoms with Crippen LogP contribution in [-0.2, 0) is 4.79 Å². The molecule has 0 heterocycles. The molecule has 0 aliphatic carbocycles. The molecule has 0 saturated carbocycles. The zero-order chi connectivity index (χ0) is 12.8. The maximum atomic E-state index is 12.1. The van der Waals surface area contributed by atoms with Crippen LogP contribution in [0.25, 0.3) is 0 Å². The standard InChI is InChI=1S/C14H22N2O/c1-4-9-16(14(17)10-11(2)3)13-7-5-12(15)6-8-13/h5-8,11H,4,9-10,15H2,1-3H3. The van der Waals surface area contributed by atoms with E-state index in [0.29, 0.717) is 12.3 Å². The van der Waals surface area contributed by atoms with Crippen molar-refractivity contribution in [1.29, 1.82) is 0 Å². The maximum Gasteiger partial charge on any atom is 0.227 e. The van der Waals surface area contributed by atoms with Crippen LogP contribution in [0.2, 0.25) is 0 Å². The first kappa shape index (κ1) is 13.6. The van der Waals surface area contributed by atoms with E-state index in [9.17, 15) is 4.79 Å². The lowest BCUT2D eigenvalue weighted by Gasteiger charge is -2.23. The number of nitrogens with zero attached hydrogens (tertiary/aromatic N) is 1. The van der Waals surface area contributed by atoms with E-state index in [1.54, 1.807) is 0 Å². The van der Waals surface area contributed by atoms with Crippen molar-refractivity contribution in [3.05, 3.63) is 24.3 Å². The lowest BCUT2D eigenvalue weighted by Crippen LogP contribution is -2.32. The van der Waals surface area contributed by atoms with E-state index in [0.717, 1.165) is 24.3 Å². The monoisotopic (exact) mass is 234 g/mol. The van der Waals surface area contributed by atoms with Crippen LogP contribution in [0.5, 0.6) is 0 Å².